The van der Waals surface area contributed by atoms with Crippen molar-refractivity contribution < 1.29 is 108 Å². The van der Waals surface area contributed by atoms with E-state index in [1.807, 2.05) is 32.8 Å². The highest BCUT2D eigenvalue weighted by Gasteiger charge is 2.28. The van der Waals surface area contributed by atoms with Crippen molar-refractivity contribution in [2.24, 2.45) is 10.8 Å². The van der Waals surface area contributed by atoms with Gasteiger partial charge < -0.3 is 74.9 Å². The van der Waals surface area contributed by atoms with Crippen LogP contribution in [0.3, 0.4) is 0 Å². The van der Waals surface area contributed by atoms with Crippen LogP contribution in [0.15, 0.2) is 98.1 Å². The van der Waals surface area contributed by atoms with E-state index >= 15 is 0 Å². The van der Waals surface area contributed by atoms with Gasteiger partial charge in [-0.3, -0.25) is 0 Å². The van der Waals surface area contributed by atoms with Gasteiger partial charge >= 0.3 is 47.8 Å². The summed E-state index contributed by atoms with van der Waals surface area (Å²) in [4.78, 5) is 84.6. The van der Waals surface area contributed by atoms with Gasteiger partial charge in [-0.25, -0.2) is 38.4 Å². The molecule has 0 saturated heterocycles. The molecule has 23 heteroatoms. The first kappa shape index (κ1) is 79.4. The Morgan fingerprint density at radius 1 is 0.653 bits per heavy atom. The van der Waals surface area contributed by atoms with Crippen molar-refractivity contribution in [1.29, 1.82) is 0 Å². The van der Waals surface area contributed by atoms with Crippen molar-refractivity contribution >= 4 is 47.8 Å². The molecule has 0 amide bonds. The van der Waals surface area contributed by atoms with Gasteiger partial charge in [-0.2, -0.15) is 0 Å². The van der Waals surface area contributed by atoms with Crippen molar-refractivity contribution in [3.05, 3.63) is 120 Å². The number of aliphatic carboxylic acids is 1. The fourth-order valence-corrected chi connectivity index (χ4v) is 3.37. The first-order valence-corrected chi connectivity index (χ1v) is 22.5. The molecule has 0 saturated carbocycles. The number of carbonyl (C=O) groups is 8. The largest absolute Gasteiger partial charge is 0.478 e. The number of fused-ring (bicyclic) bond motifs is 1. The van der Waals surface area contributed by atoms with Gasteiger partial charge in [0, 0.05) is 40.7 Å². The smallest absolute Gasteiger partial charge is 0.346 e. The Kier molecular flexibility index (Phi) is 52.2. The zero-order valence-corrected chi connectivity index (χ0v) is 44.6. The number of esters is 5. The summed E-state index contributed by atoms with van der Waals surface area (Å²) in [5, 5.41) is 83.8. The topological polar surface area (TPSA) is 379 Å². The maximum atomic E-state index is 10.8. The quantitative estimate of drug-likeness (QED) is 0.0316. The second kappa shape index (κ2) is 49.3. The summed E-state index contributed by atoms with van der Waals surface area (Å²) in [6.45, 7) is 24.6. The molecule has 0 radical (unpaired) electrons. The fraction of sp³-hybridized carbons (Fsp3) is 0.462. The number of methoxy groups -OCH3 is 1. The maximum absolute atomic E-state index is 10.8. The summed E-state index contributed by atoms with van der Waals surface area (Å²) < 4.78 is 17.8. The minimum atomic E-state index is -1.13. The highest BCUT2D eigenvalue weighted by Crippen LogP contribution is 2.19. The Bertz CT molecular complexity index is 1920. The van der Waals surface area contributed by atoms with E-state index in [0.717, 1.165) is 31.5 Å². The molecule has 2 aromatic rings. The summed E-state index contributed by atoms with van der Waals surface area (Å²) in [5.41, 5.74) is 0.491. The lowest BCUT2D eigenvalue weighted by molar-refractivity contribution is -0.140. The van der Waals surface area contributed by atoms with Crippen LogP contribution in [0.1, 0.15) is 102 Å². The number of benzene rings is 2. The van der Waals surface area contributed by atoms with Gasteiger partial charge in [-0.05, 0) is 71.1 Å². The molecule has 0 aliphatic carbocycles. The SMILES string of the molecule is C=C(C)C(=O)OC.C=C(C)C(=O)OCCO.C=CC(=O)O.C=CC(=O)OCCCC.CC(C)(CO)CO.CCC(CO)(CO)CO.CN(C)CCO.O=C(O)c1cccc(C(=O)O)c1.O=C1OC(=O)c2ccccc21. The normalized spacial score (nSPS) is 10.2. The number of carboxylic acids is 3. The molecular weight excluding hydrogens is 991 g/mol. The van der Waals surface area contributed by atoms with E-state index in [0.29, 0.717) is 35.3 Å². The molecule has 10 N–H and O–H groups in total. The molecule has 1 aliphatic rings. The Morgan fingerprint density at radius 2 is 1.08 bits per heavy atom. The number of aliphatic hydroxyl groups excluding tert-OH is 7. The number of hydrogen-bond acceptors (Lipinski definition) is 20. The van der Waals surface area contributed by atoms with E-state index in [-0.39, 0.29) is 81.3 Å². The van der Waals surface area contributed by atoms with Gasteiger partial charge in [0.2, 0.25) is 0 Å². The van der Waals surface area contributed by atoms with E-state index in [4.69, 9.17) is 51.1 Å². The van der Waals surface area contributed by atoms with Crippen molar-refractivity contribution in [1.82, 2.24) is 4.90 Å². The van der Waals surface area contributed by atoms with Crippen LogP contribution in [0.2, 0.25) is 0 Å². The zero-order chi connectivity index (χ0) is 59.8. The number of hydrogen-bond donors (Lipinski definition) is 10. The molecule has 0 atom stereocenters. The van der Waals surface area contributed by atoms with Crippen molar-refractivity contribution in [2.75, 3.05) is 87.2 Å². The second-order valence-corrected chi connectivity index (χ2v) is 15.9. The van der Waals surface area contributed by atoms with Crippen LogP contribution in [-0.2, 0) is 38.1 Å². The van der Waals surface area contributed by atoms with E-state index in [1.165, 1.54) is 31.4 Å². The third kappa shape index (κ3) is 46.6. The molecule has 0 fully saturated rings. The number of nitrogens with zero attached hydrogens (tertiary/aromatic N) is 1. The number of ether oxygens (including phenoxy) is 4. The van der Waals surface area contributed by atoms with Gasteiger partial charge in [-0.15, -0.1) is 0 Å². The minimum Gasteiger partial charge on any atom is -0.478 e. The lowest BCUT2D eigenvalue weighted by Crippen LogP contribution is -2.32. The third-order valence-corrected chi connectivity index (χ3v) is 8.36. The van der Waals surface area contributed by atoms with E-state index in [2.05, 4.69) is 45.3 Å². The predicted molar refractivity (Wildman–Crippen MR) is 278 cm³/mol. The minimum absolute atomic E-state index is 0.0186. The molecule has 0 spiro atoms. The summed E-state index contributed by atoms with van der Waals surface area (Å²) >= 11 is 0. The average Bonchev–Trinajstić information content (AvgIpc) is 3.69. The van der Waals surface area contributed by atoms with E-state index in [1.54, 1.807) is 52.0 Å². The Labute approximate surface area is 439 Å². The molecule has 23 nitrogen and oxygen atoms in total. The van der Waals surface area contributed by atoms with Crippen molar-refractivity contribution in [2.45, 2.75) is 60.8 Å². The number of cyclic esters (lactones) is 2. The van der Waals surface area contributed by atoms with Gasteiger partial charge in [0.15, 0.2) is 0 Å². The van der Waals surface area contributed by atoms with Gasteiger partial charge in [0.1, 0.15) is 6.61 Å². The van der Waals surface area contributed by atoms with Crippen LogP contribution in [-0.4, -0.2) is 191 Å². The van der Waals surface area contributed by atoms with Crippen LogP contribution < -0.4 is 0 Å². The number of unbranched alkanes of at least 4 members (excludes halogenated alkanes) is 1. The molecule has 426 valence electrons. The van der Waals surface area contributed by atoms with E-state index < -0.39 is 41.2 Å². The molecule has 75 heavy (non-hydrogen) atoms. The van der Waals surface area contributed by atoms with Gasteiger partial charge in [0.25, 0.3) is 0 Å². The molecule has 1 heterocycles. The molecule has 0 bridgehead atoms. The Hall–Kier alpha value is -6.96. The van der Waals surface area contributed by atoms with Crippen LogP contribution in [0, 0.1) is 10.8 Å². The standard InChI is InChI=1S/C8H6O4.C8H4O3.C7H12O2.C6H10O3.C6H14O3.C5H12O2.C5H8O2.C4H11NO.C3H4O2/c9-7(10)5-2-1-3-6(4-5)8(11)12;9-7-5-3-1-2-4-6(5)8(10)11-7;1-3-5-6-9-7(8)4-2;1-5(2)6(8)9-4-3-7;1-2-6(3-7,4-8)5-9;1-5(2,3-6)4-7;1-4(2)5(6)7-3;1-5(2)3-4-6;1-2-3(4)5/h1-4H,(H,9,10)(H,11,12);1-4H;4H,2-3,5-6H2,1H3;7H,1,3-4H2,2H3;7-9H,2-5H2,1H3;6-7H,3-4H2,1-2H3;1H2,2-3H3;6H,3-4H2,1-2H3;2H,1H2,(H,4,5). The number of carbonyl (C=O) groups excluding carboxylic acids is 5. The summed E-state index contributed by atoms with van der Waals surface area (Å²) in [5.74, 6) is -5.47. The van der Waals surface area contributed by atoms with Crippen LogP contribution in [0.4, 0.5) is 0 Å². The Balaban J connectivity index is -0.000000181. The summed E-state index contributed by atoms with van der Waals surface area (Å²) in [6, 6.07) is 11.7. The summed E-state index contributed by atoms with van der Waals surface area (Å²) in [6.07, 6.45) is 4.58. The molecular formula is C52H81NO22. The van der Waals surface area contributed by atoms with Crippen LogP contribution >= 0.6 is 0 Å². The first-order chi connectivity index (χ1) is 35.0. The monoisotopic (exact) mass is 1070 g/mol. The number of aliphatic hydroxyl groups is 7. The van der Waals surface area contributed by atoms with Crippen LogP contribution in [0.25, 0.3) is 0 Å². The molecule has 2 aromatic carbocycles. The summed E-state index contributed by atoms with van der Waals surface area (Å²) in [7, 11) is 5.18. The number of likely N-dealkylation sites (N-methyl/N-ethyl adjacent to an activating group) is 1. The highest BCUT2D eigenvalue weighted by atomic mass is 16.6. The number of rotatable bonds is 19. The van der Waals surface area contributed by atoms with Gasteiger partial charge in [-0.1, -0.05) is 78.6 Å². The maximum Gasteiger partial charge on any atom is 0.346 e. The lowest BCUT2D eigenvalue weighted by atomic mass is 9.88. The number of carboxylic acid groups (broad SMARTS) is 3. The molecule has 1 aliphatic heterocycles. The fourth-order valence-electron chi connectivity index (χ4n) is 3.37. The zero-order valence-electron chi connectivity index (χ0n) is 44.6. The lowest BCUT2D eigenvalue weighted by Gasteiger charge is -2.24. The molecule has 0 aromatic heterocycles. The van der Waals surface area contributed by atoms with Crippen LogP contribution in [0.5, 0.6) is 0 Å². The predicted octanol–water partition coefficient (Wildman–Crippen LogP) is 3.58. The number of aromatic carboxylic acids is 2. The second-order valence-electron chi connectivity index (χ2n) is 15.9. The first-order valence-electron chi connectivity index (χ1n) is 22.5. The van der Waals surface area contributed by atoms with Gasteiger partial charge in [0.05, 0.1) is 82.2 Å². The third-order valence-electron chi connectivity index (χ3n) is 8.36. The van der Waals surface area contributed by atoms with E-state index in [9.17, 15) is 38.4 Å². The average molecular weight is 1070 g/mol. The van der Waals surface area contributed by atoms with Crippen molar-refractivity contribution in [3.8, 4) is 0 Å². The highest BCUT2D eigenvalue weighted by molar-refractivity contribution is 6.14. The molecule has 0 unspecified atom stereocenters. The Morgan fingerprint density at radius 3 is 1.29 bits per heavy atom. The van der Waals surface area contributed by atoms with Crippen molar-refractivity contribution in [3.63, 3.8) is 0 Å². The molecule has 3 rings (SSSR count).